The van der Waals surface area contributed by atoms with Gasteiger partial charge in [-0.25, -0.2) is 4.79 Å². The van der Waals surface area contributed by atoms with Crippen LogP contribution in [-0.4, -0.2) is 22.1 Å². The van der Waals surface area contributed by atoms with Gasteiger partial charge in [-0.15, -0.1) is 0 Å². The Morgan fingerprint density at radius 3 is 2.12 bits per heavy atom. The molecule has 0 aliphatic carbocycles. The van der Waals surface area contributed by atoms with E-state index in [1.807, 2.05) is 6.92 Å². The lowest BCUT2D eigenvalue weighted by atomic mass is 10.3. The van der Waals surface area contributed by atoms with Gasteiger partial charge in [0.2, 0.25) is 0 Å². The number of nitro groups is 1. The van der Waals surface area contributed by atoms with E-state index in [9.17, 15) is 19.5 Å². The molecule has 0 bridgehead atoms. The number of hydrogen-bond acceptors (Lipinski definition) is 4. The fraction of sp³-hybridized carbons (Fsp3) is 0.188. The van der Waals surface area contributed by atoms with Crippen molar-refractivity contribution in [2.75, 3.05) is 11.9 Å². The molecular formula is C16H17N3O4S. The van der Waals surface area contributed by atoms with Crippen molar-refractivity contribution in [1.82, 2.24) is 5.32 Å². The summed E-state index contributed by atoms with van der Waals surface area (Å²) in [4.78, 5) is 22.7. The molecule has 8 heteroatoms. The maximum Gasteiger partial charge on any atom is 0.319 e. The number of benzene rings is 2. The SMILES string of the molecule is CCCNC(=O)Nc1ccc([S+]([O-])c2ccc([N+](=O)[O-])cc2)cc1. The Labute approximate surface area is 142 Å². The molecule has 0 aliphatic rings. The Morgan fingerprint density at radius 2 is 1.62 bits per heavy atom. The molecule has 0 fully saturated rings. The van der Waals surface area contributed by atoms with E-state index in [-0.39, 0.29) is 11.7 Å². The molecule has 0 radical (unpaired) electrons. The minimum absolute atomic E-state index is 0.0478. The lowest BCUT2D eigenvalue weighted by molar-refractivity contribution is -0.384. The van der Waals surface area contributed by atoms with Gasteiger partial charge in [0.25, 0.3) is 5.69 Å². The number of amides is 2. The van der Waals surface area contributed by atoms with Crippen molar-refractivity contribution in [1.29, 1.82) is 0 Å². The maximum atomic E-state index is 12.4. The second-order valence-corrected chi connectivity index (χ2v) is 6.41. The normalized spacial score (nSPS) is 11.6. The summed E-state index contributed by atoms with van der Waals surface area (Å²) in [5, 5.41) is 16.0. The van der Waals surface area contributed by atoms with Gasteiger partial charge in [0.15, 0.2) is 9.79 Å². The van der Waals surface area contributed by atoms with E-state index in [0.29, 0.717) is 22.0 Å². The molecule has 2 rings (SSSR count). The fourth-order valence-electron chi connectivity index (χ4n) is 1.90. The number of rotatable bonds is 6. The number of urea groups is 1. The van der Waals surface area contributed by atoms with Gasteiger partial charge in [0.05, 0.1) is 4.92 Å². The van der Waals surface area contributed by atoms with Crippen LogP contribution in [0.3, 0.4) is 0 Å². The minimum Gasteiger partial charge on any atom is -0.606 e. The zero-order valence-corrected chi connectivity index (χ0v) is 13.8. The second kappa shape index (κ2) is 8.32. The van der Waals surface area contributed by atoms with Crippen LogP contribution in [0.5, 0.6) is 0 Å². The fourth-order valence-corrected chi connectivity index (χ4v) is 2.94. The van der Waals surface area contributed by atoms with Crippen LogP contribution in [0.15, 0.2) is 58.3 Å². The third-order valence-electron chi connectivity index (χ3n) is 3.12. The van der Waals surface area contributed by atoms with Crippen molar-refractivity contribution >= 4 is 28.6 Å². The highest BCUT2D eigenvalue weighted by atomic mass is 32.2. The molecule has 7 nitrogen and oxygen atoms in total. The molecule has 0 aromatic heterocycles. The Kier molecular flexibility index (Phi) is 6.16. The maximum absolute atomic E-state index is 12.4. The summed E-state index contributed by atoms with van der Waals surface area (Å²) >= 11 is -1.44. The van der Waals surface area contributed by atoms with Crippen LogP contribution in [-0.2, 0) is 11.2 Å². The average molecular weight is 347 g/mol. The molecule has 126 valence electrons. The first kappa shape index (κ1) is 17.8. The van der Waals surface area contributed by atoms with Gasteiger partial charge in [-0.05, 0) is 30.7 Å². The van der Waals surface area contributed by atoms with Crippen LogP contribution >= 0.6 is 0 Å². The van der Waals surface area contributed by atoms with Gasteiger partial charge in [0, 0.05) is 47.7 Å². The molecule has 0 heterocycles. The topological polar surface area (TPSA) is 107 Å². The standard InChI is InChI=1S/C16H17N3O4S/c1-2-11-17-16(20)18-12-3-7-14(8-4-12)24(23)15-9-5-13(6-10-15)19(21)22/h3-10H,2,11H2,1H3,(H2,17,18,20). The zero-order chi connectivity index (χ0) is 17.5. The van der Waals surface area contributed by atoms with Gasteiger partial charge < -0.3 is 15.2 Å². The summed E-state index contributed by atoms with van der Waals surface area (Å²) in [6.07, 6.45) is 0.848. The van der Waals surface area contributed by atoms with E-state index in [2.05, 4.69) is 10.6 Å². The number of nitrogens with one attached hydrogen (secondary N) is 2. The first-order valence-corrected chi connectivity index (χ1v) is 8.47. The quantitative estimate of drug-likeness (QED) is 0.475. The predicted octanol–water partition coefficient (Wildman–Crippen LogP) is 3.29. The number of carbonyl (C=O) groups is 1. The summed E-state index contributed by atoms with van der Waals surface area (Å²) in [5.41, 5.74) is 0.543. The Hall–Kier alpha value is -2.58. The van der Waals surface area contributed by atoms with Crippen LogP contribution in [0.4, 0.5) is 16.2 Å². The van der Waals surface area contributed by atoms with Gasteiger partial charge >= 0.3 is 6.03 Å². The van der Waals surface area contributed by atoms with Crippen molar-refractivity contribution in [2.45, 2.75) is 23.1 Å². The van der Waals surface area contributed by atoms with E-state index in [0.717, 1.165) is 6.42 Å². The largest absolute Gasteiger partial charge is 0.606 e. The smallest absolute Gasteiger partial charge is 0.319 e. The second-order valence-electron chi connectivity index (χ2n) is 4.93. The number of nitrogens with zero attached hydrogens (tertiary/aromatic N) is 1. The van der Waals surface area contributed by atoms with E-state index in [4.69, 9.17) is 0 Å². The number of carbonyl (C=O) groups excluding carboxylic acids is 1. The number of anilines is 1. The molecule has 2 N–H and O–H groups in total. The summed E-state index contributed by atoms with van der Waals surface area (Å²) in [6.45, 7) is 2.55. The third kappa shape index (κ3) is 4.71. The minimum atomic E-state index is -1.44. The Balaban J connectivity index is 2.04. The summed E-state index contributed by atoms with van der Waals surface area (Å²) in [7, 11) is 0. The highest BCUT2D eigenvalue weighted by Gasteiger charge is 2.16. The van der Waals surface area contributed by atoms with Crippen molar-refractivity contribution in [3.63, 3.8) is 0 Å². The predicted molar refractivity (Wildman–Crippen MR) is 91.5 cm³/mol. The average Bonchev–Trinajstić information content (AvgIpc) is 2.60. The Morgan fingerprint density at radius 1 is 1.08 bits per heavy atom. The van der Waals surface area contributed by atoms with Crippen molar-refractivity contribution in [2.24, 2.45) is 0 Å². The molecule has 24 heavy (non-hydrogen) atoms. The Bertz CT molecular complexity index is 704. The van der Waals surface area contributed by atoms with Crippen LogP contribution in [0.1, 0.15) is 13.3 Å². The molecule has 1 atom stereocenters. The number of non-ortho nitro benzene ring substituents is 1. The van der Waals surface area contributed by atoms with Gasteiger partial charge in [-0.3, -0.25) is 10.1 Å². The van der Waals surface area contributed by atoms with Crippen molar-refractivity contribution < 1.29 is 14.3 Å². The molecular weight excluding hydrogens is 330 g/mol. The van der Waals surface area contributed by atoms with Crippen molar-refractivity contribution in [3.8, 4) is 0 Å². The molecule has 2 amide bonds. The molecule has 0 aliphatic heterocycles. The molecule has 0 spiro atoms. The zero-order valence-electron chi connectivity index (χ0n) is 13.0. The van der Waals surface area contributed by atoms with Crippen LogP contribution in [0, 0.1) is 10.1 Å². The van der Waals surface area contributed by atoms with E-state index in [1.54, 1.807) is 24.3 Å². The van der Waals surface area contributed by atoms with Crippen LogP contribution < -0.4 is 10.6 Å². The van der Waals surface area contributed by atoms with E-state index >= 15 is 0 Å². The molecule has 2 aromatic carbocycles. The van der Waals surface area contributed by atoms with Crippen LogP contribution in [0.2, 0.25) is 0 Å². The monoisotopic (exact) mass is 347 g/mol. The first-order chi connectivity index (χ1) is 11.5. The van der Waals surface area contributed by atoms with E-state index in [1.165, 1.54) is 24.3 Å². The highest BCUT2D eigenvalue weighted by molar-refractivity contribution is 7.91. The summed E-state index contributed by atoms with van der Waals surface area (Å²) in [5.74, 6) is 0. The van der Waals surface area contributed by atoms with E-state index < -0.39 is 16.1 Å². The van der Waals surface area contributed by atoms with Gasteiger partial charge in [0.1, 0.15) is 0 Å². The van der Waals surface area contributed by atoms with Crippen molar-refractivity contribution in [3.05, 3.63) is 58.6 Å². The summed E-state index contributed by atoms with van der Waals surface area (Å²) < 4.78 is 12.4. The van der Waals surface area contributed by atoms with Gasteiger partial charge in [-0.2, -0.15) is 0 Å². The number of hydrogen-bond donors (Lipinski definition) is 2. The summed E-state index contributed by atoms with van der Waals surface area (Å²) in [6, 6.07) is 11.9. The molecule has 0 saturated carbocycles. The molecule has 2 aromatic rings. The first-order valence-electron chi connectivity index (χ1n) is 7.32. The highest BCUT2D eigenvalue weighted by Crippen LogP contribution is 2.24. The van der Waals surface area contributed by atoms with Gasteiger partial charge in [-0.1, -0.05) is 6.92 Å². The lowest BCUT2D eigenvalue weighted by Crippen LogP contribution is -2.29. The third-order valence-corrected chi connectivity index (χ3v) is 4.52. The lowest BCUT2D eigenvalue weighted by Gasteiger charge is -2.11. The molecule has 0 saturated heterocycles. The van der Waals surface area contributed by atoms with Crippen LogP contribution in [0.25, 0.3) is 0 Å². The number of nitro benzene ring substituents is 1. The molecule has 1 unspecified atom stereocenters.